The Hall–Kier alpha value is -3.18. The first kappa shape index (κ1) is 25.9. The highest BCUT2D eigenvalue weighted by molar-refractivity contribution is 7.99. The zero-order valence-corrected chi connectivity index (χ0v) is 20.8. The maximum atomic E-state index is 11.7. The van der Waals surface area contributed by atoms with E-state index in [0.717, 1.165) is 27.4 Å². The minimum absolute atomic E-state index is 0.00325. The number of thioether (sulfide) groups is 1. The molecule has 1 fully saturated rings. The lowest BCUT2D eigenvalue weighted by Gasteiger charge is -2.41. The number of carbonyl (C=O) groups is 1. The molecule has 9 nitrogen and oxygen atoms in total. The van der Waals surface area contributed by atoms with Gasteiger partial charge in [0, 0.05) is 23.8 Å². The van der Waals surface area contributed by atoms with Crippen LogP contribution in [0, 0.1) is 5.92 Å². The van der Waals surface area contributed by atoms with Crippen LogP contribution in [-0.4, -0.2) is 44.8 Å². The van der Waals surface area contributed by atoms with Crippen molar-refractivity contribution < 1.29 is 24.1 Å². The molecule has 4 rings (SSSR count). The summed E-state index contributed by atoms with van der Waals surface area (Å²) >= 11 is 1.55. The van der Waals surface area contributed by atoms with Crippen molar-refractivity contribution in [2.45, 2.75) is 43.7 Å². The molecule has 0 saturated carbocycles. The Morgan fingerprint density at radius 1 is 1.17 bits per heavy atom. The van der Waals surface area contributed by atoms with Crippen LogP contribution in [0.2, 0.25) is 0 Å². The Kier molecular flexibility index (Phi) is 9.12. The van der Waals surface area contributed by atoms with Crippen molar-refractivity contribution >= 4 is 17.9 Å². The highest BCUT2D eigenvalue weighted by atomic mass is 32.2. The summed E-state index contributed by atoms with van der Waals surface area (Å²) in [6.07, 6.45) is 1.64. The van der Waals surface area contributed by atoms with Crippen molar-refractivity contribution in [3.8, 4) is 0 Å². The first-order valence-corrected chi connectivity index (χ1v) is 12.6. The third-order valence-electron chi connectivity index (χ3n) is 5.92. The molecule has 0 radical (unpaired) electrons. The van der Waals surface area contributed by atoms with Crippen molar-refractivity contribution in [2.24, 2.45) is 5.92 Å². The lowest BCUT2D eigenvalue weighted by molar-refractivity contribution is -0.268. The van der Waals surface area contributed by atoms with Gasteiger partial charge in [-0.2, -0.15) is 5.10 Å². The fourth-order valence-corrected chi connectivity index (χ4v) is 4.83. The molecule has 1 saturated heterocycles. The van der Waals surface area contributed by atoms with E-state index in [9.17, 15) is 9.90 Å². The molecule has 3 N–H and O–H groups in total. The Morgan fingerprint density at radius 2 is 1.89 bits per heavy atom. The van der Waals surface area contributed by atoms with Gasteiger partial charge in [-0.05, 0) is 16.7 Å². The van der Waals surface area contributed by atoms with Gasteiger partial charge in [-0.3, -0.25) is 5.10 Å². The fourth-order valence-electron chi connectivity index (χ4n) is 3.89. The number of ether oxygens (including phenoxy) is 3. The largest absolute Gasteiger partial charge is 0.445 e. The van der Waals surface area contributed by atoms with E-state index in [2.05, 4.69) is 34.0 Å². The molecule has 3 aromatic rings. The zero-order chi connectivity index (χ0) is 25.3. The summed E-state index contributed by atoms with van der Waals surface area (Å²) in [4.78, 5) is 15.9. The minimum atomic E-state index is -0.566. The van der Waals surface area contributed by atoms with Gasteiger partial charge in [0.2, 0.25) is 0 Å². The summed E-state index contributed by atoms with van der Waals surface area (Å²) in [7, 11) is 0. The average Bonchev–Trinajstić information content (AvgIpc) is 3.44. The van der Waals surface area contributed by atoms with Crippen molar-refractivity contribution in [3.05, 3.63) is 89.8 Å². The highest BCUT2D eigenvalue weighted by Gasteiger charge is 2.38. The average molecular weight is 511 g/mol. The molecule has 1 amide bonds. The number of nitrogens with one attached hydrogen (secondary N) is 2. The monoisotopic (exact) mass is 510 g/mol. The molecule has 0 bridgehead atoms. The van der Waals surface area contributed by atoms with Gasteiger partial charge in [-0.15, -0.1) is 0 Å². The topological polar surface area (TPSA) is 119 Å². The summed E-state index contributed by atoms with van der Waals surface area (Å²) in [6, 6.07) is 15.6. The van der Waals surface area contributed by atoms with E-state index in [0.29, 0.717) is 12.3 Å². The predicted molar refractivity (Wildman–Crippen MR) is 135 cm³/mol. The quantitative estimate of drug-likeness (QED) is 0.273. The van der Waals surface area contributed by atoms with Crippen LogP contribution in [0.1, 0.15) is 41.6 Å². The summed E-state index contributed by atoms with van der Waals surface area (Å²) in [5.41, 5.74) is 3.69. The second-order valence-corrected chi connectivity index (χ2v) is 9.41. The fraction of sp³-hybridized carbons (Fsp3) is 0.346. The molecular formula is C26H30N4O5S. The van der Waals surface area contributed by atoms with Gasteiger partial charge in [-0.25, -0.2) is 9.78 Å². The Balaban J connectivity index is 1.48. The second kappa shape index (κ2) is 12.7. The third-order valence-corrected chi connectivity index (χ3v) is 6.89. The van der Waals surface area contributed by atoms with Crippen LogP contribution in [0.5, 0.6) is 0 Å². The van der Waals surface area contributed by atoms with Crippen LogP contribution in [0.4, 0.5) is 4.79 Å². The van der Waals surface area contributed by atoms with E-state index < -0.39 is 12.4 Å². The molecule has 2 aromatic carbocycles. The van der Waals surface area contributed by atoms with Crippen LogP contribution in [0.15, 0.2) is 72.7 Å². The number of aromatic amines is 1. The zero-order valence-electron chi connectivity index (χ0n) is 20.0. The summed E-state index contributed by atoms with van der Waals surface area (Å²) in [5, 5.41) is 19.6. The van der Waals surface area contributed by atoms with Gasteiger partial charge in [-0.1, -0.05) is 79.9 Å². The molecule has 190 valence electrons. The van der Waals surface area contributed by atoms with E-state index in [1.807, 2.05) is 48.5 Å². The van der Waals surface area contributed by atoms with Gasteiger partial charge in [0.05, 0.1) is 18.8 Å². The van der Waals surface area contributed by atoms with Gasteiger partial charge in [0.1, 0.15) is 12.9 Å². The van der Waals surface area contributed by atoms with Crippen LogP contribution >= 0.6 is 11.8 Å². The number of hydrogen-bond donors (Lipinski definition) is 3. The molecule has 1 aromatic heterocycles. The number of aliphatic hydroxyl groups excluding tert-OH is 1. The number of benzene rings is 2. The first-order valence-electron chi connectivity index (χ1n) is 11.7. The van der Waals surface area contributed by atoms with Crippen molar-refractivity contribution in [2.75, 3.05) is 12.4 Å². The molecule has 0 spiro atoms. The maximum absolute atomic E-state index is 11.7. The van der Waals surface area contributed by atoms with Crippen LogP contribution in [0.3, 0.4) is 0 Å². The van der Waals surface area contributed by atoms with Crippen molar-refractivity contribution in [3.63, 3.8) is 0 Å². The molecule has 10 heteroatoms. The normalized spacial score (nSPS) is 21.6. The number of rotatable bonds is 10. The third kappa shape index (κ3) is 6.73. The molecule has 0 aliphatic carbocycles. The standard InChI is InChI=1S/C26H30N4O5S/c1-3-12-33-26(32)27-13-18-4-10-21(11-5-18)24-34-22(15-36-25-28-16-29-30-25)17(2)23(35-24)20-8-6-19(14-31)7-9-20/h3-11,16-17,22-24,31H,1,12-15H2,2H3,(H,27,32)(H,28,29,30). The number of H-pyrrole nitrogens is 1. The Bertz CT molecular complexity index is 1110. The number of aliphatic hydroxyl groups is 1. The van der Waals surface area contributed by atoms with Crippen LogP contribution in [-0.2, 0) is 27.4 Å². The first-order chi connectivity index (χ1) is 17.6. The van der Waals surface area contributed by atoms with Crippen molar-refractivity contribution in [1.82, 2.24) is 20.5 Å². The SMILES string of the molecule is C=CCOC(=O)NCc1ccc(C2OC(CSc3ncn[nH]3)C(C)C(c3ccc(CO)cc3)O2)cc1. The molecule has 1 aliphatic heterocycles. The number of alkyl carbamates (subject to hydrolysis) is 1. The second-order valence-electron chi connectivity index (χ2n) is 8.41. The summed E-state index contributed by atoms with van der Waals surface area (Å²) in [6.45, 7) is 6.15. The van der Waals surface area contributed by atoms with E-state index >= 15 is 0 Å². The molecular weight excluding hydrogens is 480 g/mol. The van der Waals surface area contributed by atoms with E-state index in [1.165, 1.54) is 12.4 Å². The molecule has 2 heterocycles. The van der Waals surface area contributed by atoms with Gasteiger partial charge >= 0.3 is 6.09 Å². The van der Waals surface area contributed by atoms with E-state index in [4.69, 9.17) is 14.2 Å². The summed E-state index contributed by atoms with van der Waals surface area (Å²) in [5.74, 6) is 0.748. The van der Waals surface area contributed by atoms with E-state index in [-0.39, 0.29) is 31.3 Å². The number of hydrogen-bond acceptors (Lipinski definition) is 8. The number of carbonyl (C=O) groups excluding carboxylic acids is 1. The van der Waals surface area contributed by atoms with Gasteiger partial charge in [0.25, 0.3) is 0 Å². The number of amides is 1. The maximum Gasteiger partial charge on any atom is 0.407 e. The highest BCUT2D eigenvalue weighted by Crippen LogP contribution is 2.42. The van der Waals surface area contributed by atoms with Gasteiger partial charge < -0.3 is 24.6 Å². The summed E-state index contributed by atoms with van der Waals surface area (Å²) < 4.78 is 17.8. The molecule has 4 atom stereocenters. The minimum Gasteiger partial charge on any atom is -0.445 e. The number of aromatic nitrogens is 3. The van der Waals surface area contributed by atoms with Gasteiger partial charge in [0.15, 0.2) is 11.4 Å². The molecule has 36 heavy (non-hydrogen) atoms. The Morgan fingerprint density at radius 3 is 2.56 bits per heavy atom. The van der Waals surface area contributed by atoms with Crippen LogP contribution < -0.4 is 5.32 Å². The van der Waals surface area contributed by atoms with E-state index in [1.54, 1.807) is 11.8 Å². The lowest BCUT2D eigenvalue weighted by Crippen LogP contribution is -2.38. The molecule has 4 unspecified atom stereocenters. The van der Waals surface area contributed by atoms with Crippen molar-refractivity contribution in [1.29, 1.82) is 0 Å². The molecule has 1 aliphatic rings. The van der Waals surface area contributed by atoms with Crippen LogP contribution in [0.25, 0.3) is 0 Å². The number of nitrogens with zero attached hydrogens (tertiary/aromatic N) is 2. The predicted octanol–water partition coefficient (Wildman–Crippen LogP) is 4.29. The Labute approximate surface area is 214 Å². The lowest BCUT2D eigenvalue weighted by atomic mass is 9.91. The smallest absolute Gasteiger partial charge is 0.407 e.